The largest absolute Gasteiger partial charge is 0.395 e. The summed E-state index contributed by atoms with van der Waals surface area (Å²) in [6.07, 6.45) is 0. The Morgan fingerprint density at radius 3 is 2.07 bits per heavy atom. The summed E-state index contributed by atoms with van der Waals surface area (Å²) in [5, 5.41) is 0.575. The third-order valence-electron chi connectivity index (χ3n) is 2.08. The first-order valence-electron chi connectivity index (χ1n) is 3.96. The number of rotatable bonds is 1. The Morgan fingerprint density at radius 2 is 1.57 bits per heavy atom. The molecule has 0 spiro atoms. The Morgan fingerprint density at radius 1 is 1.00 bits per heavy atom. The van der Waals surface area contributed by atoms with Crippen molar-refractivity contribution in [2.24, 2.45) is 0 Å². The van der Waals surface area contributed by atoms with E-state index in [1.54, 1.807) is 24.3 Å². The molecule has 0 bridgehead atoms. The predicted octanol–water partition coefficient (Wildman–Crippen LogP) is 1.19. The van der Waals surface area contributed by atoms with Crippen molar-refractivity contribution in [3.05, 3.63) is 49.7 Å². The van der Waals surface area contributed by atoms with Crippen LogP contribution < -0.4 is 16.6 Å². The Balaban J connectivity index is 2.58. The molecule has 70 valence electrons. The summed E-state index contributed by atoms with van der Waals surface area (Å²) in [7, 11) is 0. The SMILES string of the molecule is Nc1c(-c2ccc(Cl)cc2)c(=O)c1=O. The number of anilines is 1. The molecule has 2 aromatic rings. The summed E-state index contributed by atoms with van der Waals surface area (Å²) in [5.41, 5.74) is 5.25. The van der Waals surface area contributed by atoms with Crippen molar-refractivity contribution >= 4 is 17.3 Å². The van der Waals surface area contributed by atoms with Crippen molar-refractivity contribution < 1.29 is 0 Å². The van der Waals surface area contributed by atoms with E-state index in [1.165, 1.54) is 0 Å². The number of hydrogen-bond donors (Lipinski definition) is 1. The molecule has 0 aliphatic rings. The topological polar surface area (TPSA) is 60.2 Å². The molecule has 0 amide bonds. The summed E-state index contributed by atoms with van der Waals surface area (Å²) in [6.45, 7) is 0. The molecule has 0 unspecified atom stereocenters. The van der Waals surface area contributed by atoms with E-state index < -0.39 is 10.9 Å². The van der Waals surface area contributed by atoms with Crippen molar-refractivity contribution in [2.75, 3.05) is 5.73 Å². The minimum atomic E-state index is -0.602. The smallest absolute Gasteiger partial charge is 0.249 e. The molecule has 0 aliphatic heterocycles. The van der Waals surface area contributed by atoms with E-state index >= 15 is 0 Å². The summed E-state index contributed by atoms with van der Waals surface area (Å²) < 4.78 is 0. The molecule has 0 radical (unpaired) electrons. The zero-order valence-corrected chi connectivity index (χ0v) is 7.84. The average Bonchev–Trinajstić information content (AvgIpc) is 2.21. The maximum absolute atomic E-state index is 11.1. The van der Waals surface area contributed by atoms with Gasteiger partial charge in [-0.1, -0.05) is 23.7 Å². The van der Waals surface area contributed by atoms with Crippen LogP contribution in [0.2, 0.25) is 5.02 Å². The number of halogens is 1. The fraction of sp³-hybridized carbons (Fsp3) is 0. The van der Waals surface area contributed by atoms with Crippen LogP contribution >= 0.6 is 11.6 Å². The quantitative estimate of drug-likeness (QED) is 0.715. The lowest BCUT2D eigenvalue weighted by Crippen LogP contribution is -2.35. The Hall–Kier alpha value is -1.61. The Labute approximate surface area is 84.4 Å². The number of nitrogen functional groups attached to an aromatic ring is 1. The third kappa shape index (κ3) is 1.14. The van der Waals surface area contributed by atoms with E-state index in [9.17, 15) is 9.59 Å². The van der Waals surface area contributed by atoms with Crippen LogP contribution in [0.5, 0.6) is 0 Å². The highest BCUT2D eigenvalue weighted by atomic mass is 35.5. The predicted molar refractivity (Wildman–Crippen MR) is 56.2 cm³/mol. The third-order valence-corrected chi connectivity index (χ3v) is 2.33. The van der Waals surface area contributed by atoms with E-state index in [0.29, 0.717) is 16.1 Å². The molecule has 0 aliphatic carbocycles. The fourth-order valence-corrected chi connectivity index (χ4v) is 1.44. The van der Waals surface area contributed by atoms with E-state index in [1.807, 2.05) is 0 Å². The lowest BCUT2D eigenvalue weighted by Gasteiger charge is -2.05. The first kappa shape index (κ1) is 8.97. The Bertz CT molecular complexity index is 550. The van der Waals surface area contributed by atoms with E-state index in [4.69, 9.17) is 17.3 Å². The van der Waals surface area contributed by atoms with Crippen molar-refractivity contribution in [1.82, 2.24) is 0 Å². The summed E-state index contributed by atoms with van der Waals surface area (Å²) >= 11 is 5.68. The molecular weight excluding hydrogens is 202 g/mol. The van der Waals surface area contributed by atoms with E-state index in [2.05, 4.69) is 0 Å². The number of nitrogens with two attached hydrogens (primary N) is 1. The second-order valence-electron chi connectivity index (χ2n) is 2.95. The molecule has 0 aromatic heterocycles. The van der Waals surface area contributed by atoms with Crippen LogP contribution in [0.1, 0.15) is 0 Å². The molecule has 4 heteroatoms. The summed E-state index contributed by atoms with van der Waals surface area (Å²) in [5.74, 6) is 0. The lowest BCUT2D eigenvalue weighted by atomic mass is 9.99. The molecule has 2 rings (SSSR count). The van der Waals surface area contributed by atoms with Gasteiger partial charge >= 0.3 is 0 Å². The van der Waals surface area contributed by atoms with Crippen molar-refractivity contribution in [2.45, 2.75) is 0 Å². The summed E-state index contributed by atoms with van der Waals surface area (Å²) in [4.78, 5) is 22.0. The maximum Gasteiger partial charge on any atom is 0.249 e. The average molecular weight is 208 g/mol. The van der Waals surface area contributed by atoms with Gasteiger partial charge in [0, 0.05) is 5.02 Å². The molecule has 3 nitrogen and oxygen atoms in total. The highest BCUT2D eigenvalue weighted by molar-refractivity contribution is 6.30. The molecule has 0 fully saturated rings. The van der Waals surface area contributed by atoms with Gasteiger partial charge in [-0.05, 0) is 17.7 Å². The number of benzene rings is 1. The molecule has 0 saturated carbocycles. The van der Waals surface area contributed by atoms with Crippen molar-refractivity contribution in [3.63, 3.8) is 0 Å². The van der Waals surface area contributed by atoms with Crippen molar-refractivity contribution in [1.29, 1.82) is 0 Å². The first-order chi connectivity index (χ1) is 6.61. The lowest BCUT2D eigenvalue weighted by molar-refractivity contribution is 1.41. The van der Waals surface area contributed by atoms with Gasteiger partial charge in [-0.3, -0.25) is 9.59 Å². The number of hydrogen-bond acceptors (Lipinski definition) is 3. The highest BCUT2D eigenvalue weighted by Crippen LogP contribution is 2.22. The van der Waals surface area contributed by atoms with Crippen LogP contribution in [0, 0.1) is 0 Å². The van der Waals surface area contributed by atoms with Gasteiger partial charge in [-0.25, -0.2) is 0 Å². The fourth-order valence-electron chi connectivity index (χ4n) is 1.31. The summed E-state index contributed by atoms with van der Waals surface area (Å²) in [6, 6.07) is 6.62. The van der Waals surface area contributed by atoms with Gasteiger partial charge in [0.25, 0.3) is 0 Å². The maximum atomic E-state index is 11.1. The van der Waals surface area contributed by atoms with Crippen LogP contribution in [0.15, 0.2) is 33.9 Å². The highest BCUT2D eigenvalue weighted by Gasteiger charge is 2.18. The van der Waals surface area contributed by atoms with Gasteiger partial charge in [0.15, 0.2) is 0 Å². The molecule has 14 heavy (non-hydrogen) atoms. The molecule has 2 N–H and O–H groups in total. The normalized spacial score (nSPS) is 10.6. The van der Waals surface area contributed by atoms with Gasteiger partial charge in [-0.15, -0.1) is 0 Å². The van der Waals surface area contributed by atoms with Crippen LogP contribution in [-0.4, -0.2) is 0 Å². The monoisotopic (exact) mass is 207 g/mol. The molecule has 0 heterocycles. The zero-order chi connectivity index (χ0) is 10.3. The molecular formula is C10H6ClNO2. The van der Waals surface area contributed by atoms with E-state index in [-0.39, 0.29) is 5.69 Å². The molecule has 0 saturated heterocycles. The first-order valence-corrected chi connectivity index (χ1v) is 4.34. The Kier molecular flexibility index (Phi) is 1.89. The van der Waals surface area contributed by atoms with Gasteiger partial charge < -0.3 is 5.73 Å². The van der Waals surface area contributed by atoms with Gasteiger partial charge in [-0.2, -0.15) is 0 Å². The molecule has 2 aromatic carbocycles. The zero-order valence-electron chi connectivity index (χ0n) is 7.08. The van der Waals surface area contributed by atoms with Gasteiger partial charge in [0.05, 0.1) is 11.3 Å². The van der Waals surface area contributed by atoms with Gasteiger partial charge in [0.2, 0.25) is 10.9 Å². The second kappa shape index (κ2) is 2.96. The standard InChI is InChI=1S/C10H6ClNO2/c11-6-3-1-5(2-4-6)7-8(12)10(14)9(7)13/h1-4H,12H2. The van der Waals surface area contributed by atoms with Crippen LogP contribution in [0.4, 0.5) is 5.69 Å². The van der Waals surface area contributed by atoms with Crippen LogP contribution in [0.3, 0.4) is 0 Å². The van der Waals surface area contributed by atoms with Crippen LogP contribution in [-0.2, 0) is 0 Å². The van der Waals surface area contributed by atoms with Crippen molar-refractivity contribution in [3.8, 4) is 11.1 Å². The van der Waals surface area contributed by atoms with Gasteiger partial charge in [0.1, 0.15) is 0 Å². The van der Waals surface area contributed by atoms with E-state index in [0.717, 1.165) is 0 Å². The molecule has 0 atom stereocenters. The van der Waals surface area contributed by atoms with Crippen LogP contribution in [0.25, 0.3) is 11.1 Å². The second-order valence-corrected chi connectivity index (χ2v) is 3.39. The minimum Gasteiger partial charge on any atom is -0.395 e. The minimum absolute atomic E-state index is 0.0392.